The van der Waals surface area contributed by atoms with Crippen molar-refractivity contribution < 1.29 is 33.2 Å². The van der Waals surface area contributed by atoms with E-state index in [0.717, 1.165) is 42.8 Å². The van der Waals surface area contributed by atoms with Crippen molar-refractivity contribution in [3.63, 3.8) is 0 Å². The first kappa shape index (κ1) is 30.6. The van der Waals surface area contributed by atoms with Gasteiger partial charge in [-0.15, -0.1) is 0 Å². The first-order chi connectivity index (χ1) is 22.6. The minimum absolute atomic E-state index is 0.00164. The molecule has 240 valence electrons. The first-order valence-corrected chi connectivity index (χ1v) is 16.3. The van der Waals surface area contributed by atoms with Crippen LogP contribution in [0, 0.1) is 5.92 Å². The quantitative estimate of drug-likeness (QED) is 0.117. The molecule has 3 aliphatic rings. The van der Waals surface area contributed by atoms with Gasteiger partial charge in [0, 0.05) is 11.8 Å². The van der Waals surface area contributed by atoms with Crippen molar-refractivity contribution in [1.82, 2.24) is 0 Å². The lowest BCUT2D eigenvalue weighted by Crippen LogP contribution is -2.15. The van der Waals surface area contributed by atoms with Crippen LogP contribution < -0.4 is 18.9 Å². The maximum absolute atomic E-state index is 6.05. The van der Waals surface area contributed by atoms with E-state index >= 15 is 0 Å². The van der Waals surface area contributed by atoms with Crippen molar-refractivity contribution >= 4 is 0 Å². The zero-order valence-electron chi connectivity index (χ0n) is 26.5. The molecule has 0 radical (unpaired) electrons. The maximum Gasteiger partial charge on any atom is 0.119 e. The van der Waals surface area contributed by atoms with Crippen LogP contribution in [0.2, 0.25) is 0 Å². The summed E-state index contributed by atoms with van der Waals surface area (Å²) in [5.41, 5.74) is 4.76. The molecule has 0 N–H and O–H groups in total. The lowest BCUT2D eigenvalue weighted by molar-refractivity contribution is 0.263. The molecule has 0 bridgehead atoms. The standard InChI is InChI=1S/C39H42O7/c1-26(2)19-40-31-11-3-27(4-12-31)38(28-5-13-32(14-6-28)41-20-35-23-44-35)39(29-7-15-33(16-8-29)42-21-36-24-45-36)30-9-17-34(18-10-30)43-22-37-25-46-37/h3-18,26,35-39H,19-25H2,1-2H3. The van der Waals surface area contributed by atoms with Gasteiger partial charge in [-0.05, 0) is 76.7 Å². The van der Waals surface area contributed by atoms with Gasteiger partial charge in [-0.3, -0.25) is 0 Å². The predicted octanol–water partition coefficient (Wildman–Crippen LogP) is 7.02. The smallest absolute Gasteiger partial charge is 0.119 e. The van der Waals surface area contributed by atoms with Crippen molar-refractivity contribution in [2.45, 2.75) is 44.0 Å². The highest BCUT2D eigenvalue weighted by molar-refractivity contribution is 5.48. The molecule has 7 rings (SSSR count). The minimum Gasteiger partial charge on any atom is -0.493 e. The summed E-state index contributed by atoms with van der Waals surface area (Å²) in [6, 6.07) is 34.1. The van der Waals surface area contributed by atoms with Crippen LogP contribution in [-0.2, 0) is 14.2 Å². The number of epoxide rings is 3. The van der Waals surface area contributed by atoms with Crippen LogP contribution in [0.4, 0.5) is 0 Å². The Bertz CT molecular complexity index is 1300. The molecule has 4 aromatic rings. The molecule has 7 heteroatoms. The SMILES string of the molecule is CC(C)COc1ccc(C(c2ccc(OCC3CO3)cc2)C(c2ccc(OCC3CO3)cc2)c2ccc(OCC3CO3)cc2)cc1. The number of ether oxygens (including phenoxy) is 7. The lowest BCUT2D eigenvalue weighted by Gasteiger charge is -2.30. The number of rotatable bonds is 17. The Morgan fingerprint density at radius 2 is 0.717 bits per heavy atom. The lowest BCUT2D eigenvalue weighted by atomic mass is 9.73. The average molecular weight is 623 g/mol. The molecular weight excluding hydrogens is 580 g/mol. The summed E-state index contributed by atoms with van der Waals surface area (Å²) < 4.78 is 40.0. The third kappa shape index (κ3) is 8.40. The Morgan fingerprint density at radius 3 is 0.957 bits per heavy atom. The zero-order chi connectivity index (χ0) is 31.3. The summed E-state index contributed by atoms with van der Waals surface area (Å²) in [7, 11) is 0. The minimum atomic E-state index is -0.00399. The van der Waals surface area contributed by atoms with Gasteiger partial charge in [0.25, 0.3) is 0 Å². The van der Waals surface area contributed by atoms with Crippen LogP contribution in [0.3, 0.4) is 0 Å². The fraction of sp³-hybridized carbons (Fsp3) is 0.385. The van der Waals surface area contributed by atoms with Gasteiger partial charge in [-0.1, -0.05) is 62.4 Å². The van der Waals surface area contributed by atoms with Crippen molar-refractivity contribution in [1.29, 1.82) is 0 Å². The van der Waals surface area contributed by atoms with E-state index in [9.17, 15) is 0 Å². The zero-order valence-corrected chi connectivity index (χ0v) is 26.5. The summed E-state index contributed by atoms with van der Waals surface area (Å²) in [6.45, 7) is 9.04. The number of hydrogen-bond acceptors (Lipinski definition) is 7. The van der Waals surface area contributed by atoms with Crippen LogP contribution in [0.15, 0.2) is 97.1 Å². The Hall–Kier alpha value is -4.04. The van der Waals surface area contributed by atoms with Crippen LogP contribution in [-0.4, -0.2) is 64.6 Å². The fourth-order valence-electron chi connectivity index (χ4n) is 5.56. The summed E-state index contributed by atoms with van der Waals surface area (Å²) in [5, 5.41) is 0. The highest BCUT2D eigenvalue weighted by Crippen LogP contribution is 2.44. The highest BCUT2D eigenvalue weighted by atomic mass is 16.6. The van der Waals surface area contributed by atoms with Gasteiger partial charge in [0.05, 0.1) is 26.4 Å². The molecule has 3 aliphatic heterocycles. The van der Waals surface area contributed by atoms with Crippen LogP contribution >= 0.6 is 0 Å². The van der Waals surface area contributed by atoms with Crippen LogP contribution in [0.25, 0.3) is 0 Å². The van der Waals surface area contributed by atoms with Crippen molar-refractivity contribution in [2.75, 3.05) is 46.2 Å². The predicted molar refractivity (Wildman–Crippen MR) is 175 cm³/mol. The largest absolute Gasteiger partial charge is 0.493 e. The summed E-state index contributed by atoms with van der Waals surface area (Å²) >= 11 is 0. The monoisotopic (exact) mass is 622 g/mol. The molecule has 0 spiro atoms. The van der Waals surface area contributed by atoms with E-state index in [1.165, 1.54) is 22.3 Å². The van der Waals surface area contributed by atoms with Crippen LogP contribution in [0.5, 0.6) is 23.0 Å². The molecule has 3 heterocycles. The molecular formula is C39H42O7. The summed E-state index contributed by atoms with van der Waals surface area (Å²) in [5.74, 6) is 3.85. The molecule has 4 aromatic carbocycles. The Balaban J connectivity index is 1.23. The van der Waals surface area contributed by atoms with Crippen molar-refractivity contribution in [2.24, 2.45) is 5.92 Å². The molecule has 4 unspecified atom stereocenters. The number of hydrogen-bond donors (Lipinski definition) is 0. The molecule has 3 saturated heterocycles. The molecule has 7 nitrogen and oxygen atoms in total. The van der Waals surface area contributed by atoms with Gasteiger partial charge in [0.1, 0.15) is 61.1 Å². The first-order valence-electron chi connectivity index (χ1n) is 16.3. The second-order valence-electron chi connectivity index (χ2n) is 12.7. The second kappa shape index (κ2) is 14.2. The fourth-order valence-corrected chi connectivity index (χ4v) is 5.56. The molecule has 0 amide bonds. The summed E-state index contributed by atoms with van der Waals surface area (Å²) in [6.07, 6.45) is 0.626. The molecule has 4 atom stereocenters. The molecule has 0 aliphatic carbocycles. The van der Waals surface area contributed by atoms with Crippen LogP contribution in [0.1, 0.15) is 47.9 Å². The maximum atomic E-state index is 6.05. The van der Waals surface area contributed by atoms with E-state index in [2.05, 4.69) is 111 Å². The Labute approximate surface area is 271 Å². The molecule has 3 fully saturated rings. The Morgan fingerprint density at radius 1 is 0.457 bits per heavy atom. The van der Waals surface area contributed by atoms with Gasteiger partial charge < -0.3 is 33.2 Å². The van der Waals surface area contributed by atoms with E-state index in [-0.39, 0.29) is 30.1 Å². The second-order valence-corrected chi connectivity index (χ2v) is 12.7. The topological polar surface area (TPSA) is 74.5 Å². The highest BCUT2D eigenvalue weighted by Gasteiger charge is 2.30. The molecule has 0 aromatic heterocycles. The third-order valence-corrected chi connectivity index (χ3v) is 8.39. The van der Waals surface area contributed by atoms with E-state index < -0.39 is 0 Å². The third-order valence-electron chi connectivity index (χ3n) is 8.39. The van der Waals surface area contributed by atoms with E-state index in [1.807, 2.05) is 0 Å². The Kier molecular flexibility index (Phi) is 9.42. The van der Waals surface area contributed by atoms with Gasteiger partial charge in [-0.25, -0.2) is 0 Å². The van der Waals surface area contributed by atoms with E-state index in [0.29, 0.717) is 32.3 Å². The molecule has 0 saturated carbocycles. The average Bonchev–Trinajstić information content (AvgIpc) is 3.92. The van der Waals surface area contributed by atoms with Gasteiger partial charge in [-0.2, -0.15) is 0 Å². The van der Waals surface area contributed by atoms with Gasteiger partial charge >= 0.3 is 0 Å². The van der Waals surface area contributed by atoms with Crippen molar-refractivity contribution in [3.8, 4) is 23.0 Å². The van der Waals surface area contributed by atoms with Gasteiger partial charge in [0.2, 0.25) is 0 Å². The van der Waals surface area contributed by atoms with Gasteiger partial charge in [0.15, 0.2) is 0 Å². The van der Waals surface area contributed by atoms with E-state index in [1.54, 1.807) is 0 Å². The summed E-state index contributed by atoms with van der Waals surface area (Å²) in [4.78, 5) is 0. The number of benzene rings is 4. The molecule has 46 heavy (non-hydrogen) atoms. The normalized spacial score (nSPS) is 20.9. The van der Waals surface area contributed by atoms with E-state index in [4.69, 9.17) is 33.2 Å². The van der Waals surface area contributed by atoms with Crippen molar-refractivity contribution in [3.05, 3.63) is 119 Å².